The van der Waals surface area contributed by atoms with Gasteiger partial charge in [-0.25, -0.2) is 0 Å². The lowest BCUT2D eigenvalue weighted by Crippen LogP contribution is -2.57. The van der Waals surface area contributed by atoms with E-state index in [0.29, 0.717) is 13.2 Å². The molecule has 6 nitrogen and oxygen atoms in total. The summed E-state index contributed by atoms with van der Waals surface area (Å²) in [4.78, 5) is 24.2. The van der Waals surface area contributed by atoms with Gasteiger partial charge < -0.3 is 20.7 Å². The van der Waals surface area contributed by atoms with E-state index in [1.54, 1.807) is 7.11 Å². The number of rotatable bonds is 4. The van der Waals surface area contributed by atoms with Crippen molar-refractivity contribution in [1.29, 1.82) is 0 Å². The molecule has 2 aliphatic rings. The Balaban J connectivity index is 2.00. The summed E-state index contributed by atoms with van der Waals surface area (Å²) < 4.78 is 5.23. The monoisotopic (exact) mass is 269 g/mol. The SMILES string of the molecule is COCC1(C(=O)NC2CCCNC2=O)CCNCC1. The first kappa shape index (κ1) is 14.3. The quantitative estimate of drug-likeness (QED) is 0.636. The standard InChI is InChI=1S/C13H23N3O3/c1-19-9-13(4-7-14-8-5-13)12(18)16-10-3-2-6-15-11(10)17/h10,14H,2-9H2,1H3,(H,15,17)(H,16,18). The molecule has 3 N–H and O–H groups in total. The number of hydrogen-bond donors (Lipinski definition) is 3. The van der Waals surface area contributed by atoms with Gasteiger partial charge in [-0.1, -0.05) is 0 Å². The third-order valence-electron chi connectivity index (χ3n) is 4.05. The second-order valence-corrected chi connectivity index (χ2v) is 5.42. The van der Waals surface area contributed by atoms with Crippen molar-refractivity contribution < 1.29 is 14.3 Å². The molecule has 108 valence electrons. The highest BCUT2D eigenvalue weighted by Gasteiger charge is 2.41. The molecule has 19 heavy (non-hydrogen) atoms. The first-order valence-corrected chi connectivity index (χ1v) is 6.96. The summed E-state index contributed by atoms with van der Waals surface area (Å²) >= 11 is 0. The minimum Gasteiger partial charge on any atom is -0.384 e. The fourth-order valence-electron chi connectivity index (χ4n) is 2.84. The number of piperidine rings is 2. The number of ether oxygens (including phenoxy) is 1. The third kappa shape index (κ3) is 3.25. The van der Waals surface area contributed by atoms with Crippen LogP contribution in [0, 0.1) is 5.41 Å². The number of methoxy groups -OCH3 is 1. The molecule has 0 radical (unpaired) electrons. The molecule has 2 aliphatic heterocycles. The van der Waals surface area contributed by atoms with Crippen LogP contribution in [0.15, 0.2) is 0 Å². The molecular weight excluding hydrogens is 246 g/mol. The zero-order valence-corrected chi connectivity index (χ0v) is 11.5. The topological polar surface area (TPSA) is 79.5 Å². The summed E-state index contributed by atoms with van der Waals surface area (Å²) in [6.07, 6.45) is 3.14. The number of carbonyl (C=O) groups excluding carboxylic acids is 2. The molecule has 0 spiro atoms. The summed E-state index contributed by atoms with van der Waals surface area (Å²) in [6, 6.07) is -0.384. The molecule has 1 atom stereocenters. The summed E-state index contributed by atoms with van der Waals surface area (Å²) in [7, 11) is 1.62. The molecule has 0 aromatic heterocycles. The van der Waals surface area contributed by atoms with Gasteiger partial charge in [-0.15, -0.1) is 0 Å². The highest BCUT2D eigenvalue weighted by molar-refractivity contribution is 5.90. The predicted molar refractivity (Wildman–Crippen MR) is 70.6 cm³/mol. The van der Waals surface area contributed by atoms with Gasteiger partial charge in [0.15, 0.2) is 0 Å². The van der Waals surface area contributed by atoms with Gasteiger partial charge in [-0.05, 0) is 38.8 Å². The van der Waals surface area contributed by atoms with E-state index in [9.17, 15) is 9.59 Å². The Hall–Kier alpha value is -1.14. The molecule has 2 amide bonds. The van der Waals surface area contributed by atoms with Crippen LogP contribution in [0.3, 0.4) is 0 Å². The average molecular weight is 269 g/mol. The number of amides is 2. The Kier molecular flexibility index (Phi) is 4.76. The van der Waals surface area contributed by atoms with Gasteiger partial charge in [0.1, 0.15) is 6.04 Å². The van der Waals surface area contributed by atoms with Gasteiger partial charge in [0.05, 0.1) is 12.0 Å². The molecule has 0 aromatic rings. The summed E-state index contributed by atoms with van der Waals surface area (Å²) in [5, 5.41) is 8.94. The van der Waals surface area contributed by atoms with Gasteiger partial charge in [0.2, 0.25) is 11.8 Å². The second kappa shape index (κ2) is 6.34. The van der Waals surface area contributed by atoms with Crippen LogP contribution in [0.2, 0.25) is 0 Å². The number of hydrogen-bond acceptors (Lipinski definition) is 4. The van der Waals surface area contributed by atoms with E-state index < -0.39 is 5.41 Å². The molecule has 6 heteroatoms. The van der Waals surface area contributed by atoms with E-state index >= 15 is 0 Å². The Morgan fingerprint density at radius 3 is 2.79 bits per heavy atom. The zero-order valence-electron chi connectivity index (χ0n) is 11.5. The lowest BCUT2D eigenvalue weighted by atomic mass is 9.78. The van der Waals surface area contributed by atoms with Crippen molar-refractivity contribution in [3.05, 3.63) is 0 Å². The Morgan fingerprint density at radius 2 is 2.16 bits per heavy atom. The van der Waals surface area contributed by atoms with E-state index in [0.717, 1.165) is 38.8 Å². The Bertz CT molecular complexity index is 335. The molecule has 2 saturated heterocycles. The minimum atomic E-state index is -0.488. The van der Waals surface area contributed by atoms with Crippen LogP contribution in [0.5, 0.6) is 0 Å². The zero-order chi connectivity index (χ0) is 13.7. The van der Waals surface area contributed by atoms with Gasteiger partial charge in [0, 0.05) is 13.7 Å². The minimum absolute atomic E-state index is 0.0436. The van der Waals surface area contributed by atoms with Crippen molar-refractivity contribution in [1.82, 2.24) is 16.0 Å². The van der Waals surface area contributed by atoms with Crippen LogP contribution in [0.25, 0.3) is 0 Å². The largest absolute Gasteiger partial charge is 0.384 e. The molecule has 0 aromatic carbocycles. The van der Waals surface area contributed by atoms with Gasteiger partial charge >= 0.3 is 0 Å². The van der Waals surface area contributed by atoms with Gasteiger partial charge in [-0.3, -0.25) is 9.59 Å². The van der Waals surface area contributed by atoms with Crippen LogP contribution in [-0.2, 0) is 14.3 Å². The normalized spacial score (nSPS) is 26.6. The lowest BCUT2D eigenvalue weighted by molar-refractivity contribution is -0.140. The predicted octanol–water partition coefficient (Wildman–Crippen LogP) is -0.603. The highest BCUT2D eigenvalue weighted by atomic mass is 16.5. The Morgan fingerprint density at radius 1 is 1.42 bits per heavy atom. The second-order valence-electron chi connectivity index (χ2n) is 5.42. The van der Waals surface area contributed by atoms with E-state index in [2.05, 4.69) is 16.0 Å². The first-order chi connectivity index (χ1) is 9.18. The van der Waals surface area contributed by atoms with Crippen LogP contribution in [0.1, 0.15) is 25.7 Å². The van der Waals surface area contributed by atoms with Crippen LogP contribution in [0.4, 0.5) is 0 Å². The molecule has 0 aliphatic carbocycles. The Labute approximate surface area is 113 Å². The highest BCUT2D eigenvalue weighted by Crippen LogP contribution is 2.29. The third-order valence-corrected chi connectivity index (χ3v) is 4.05. The van der Waals surface area contributed by atoms with Crippen molar-refractivity contribution in [3.8, 4) is 0 Å². The molecule has 2 fully saturated rings. The van der Waals surface area contributed by atoms with Crippen LogP contribution < -0.4 is 16.0 Å². The summed E-state index contributed by atoms with van der Waals surface area (Å²) in [5.74, 6) is -0.112. The fraction of sp³-hybridized carbons (Fsp3) is 0.846. The smallest absolute Gasteiger partial charge is 0.242 e. The van der Waals surface area contributed by atoms with Crippen LogP contribution in [-0.4, -0.2) is 51.2 Å². The number of carbonyl (C=O) groups is 2. The fourth-order valence-corrected chi connectivity index (χ4v) is 2.84. The maximum atomic E-state index is 12.5. The van der Waals surface area contributed by atoms with Crippen molar-refractivity contribution >= 4 is 11.8 Å². The van der Waals surface area contributed by atoms with Crippen molar-refractivity contribution in [2.75, 3.05) is 33.4 Å². The lowest BCUT2D eigenvalue weighted by Gasteiger charge is -2.37. The van der Waals surface area contributed by atoms with Gasteiger partial charge in [-0.2, -0.15) is 0 Å². The maximum absolute atomic E-state index is 12.5. The molecule has 1 unspecified atom stereocenters. The molecule has 0 saturated carbocycles. The van der Waals surface area contributed by atoms with E-state index in [4.69, 9.17) is 4.74 Å². The van der Waals surface area contributed by atoms with Crippen molar-refractivity contribution in [3.63, 3.8) is 0 Å². The summed E-state index contributed by atoms with van der Waals surface area (Å²) in [5.41, 5.74) is -0.488. The average Bonchev–Trinajstić information content (AvgIpc) is 2.42. The van der Waals surface area contributed by atoms with Crippen molar-refractivity contribution in [2.45, 2.75) is 31.7 Å². The van der Waals surface area contributed by atoms with Crippen LogP contribution >= 0.6 is 0 Å². The van der Waals surface area contributed by atoms with Gasteiger partial charge in [0.25, 0.3) is 0 Å². The van der Waals surface area contributed by atoms with E-state index in [1.807, 2.05) is 0 Å². The molecule has 2 heterocycles. The first-order valence-electron chi connectivity index (χ1n) is 6.96. The molecular formula is C13H23N3O3. The van der Waals surface area contributed by atoms with Crippen molar-refractivity contribution in [2.24, 2.45) is 5.41 Å². The van der Waals surface area contributed by atoms with E-state index in [1.165, 1.54) is 0 Å². The van der Waals surface area contributed by atoms with E-state index in [-0.39, 0.29) is 17.9 Å². The summed E-state index contributed by atoms with van der Waals surface area (Å²) in [6.45, 7) is 2.74. The maximum Gasteiger partial charge on any atom is 0.242 e. The molecule has 2 rings (SSSR count). The number of nitrogens with one attached hydrogen (secondary N) is 3. The molecule has 0 bridgehead atoms.